The Morgan fingerprint density at radius 3 is 2.48 bits per heavy atom. The maximum Gasteiger partial charge on any atom is 0.416 e. The van der Waals surface area contributed by atoms with Crippen molar-refractivity contribution in [2.24, 2.45) is 0 Å². The van der Waals surface area contributed by atoms with Crippen LogP contribution < -0.4 is 19.7 Å². The van der Waals surface area contributed by atoms with Gasteiger partial charge in [0.1, 0.15) is 11.5 Å². The summed E-state index contributed by atoms with van der Waals surface area (Å²) in [5, 5.41) is 2.58. The fraction of sp³-hybridized carbons (Fsp3) is 0.318. The Bertz CT molecular complexity index is 954. The van der Waals surface area contributed by atoms with E-state index < -0.39 is 17.6 Å². The topological polar surface area (TPSA) is 60.0 Å². The number of halogens is 3. The summed E-state index contributed by atoms with van der Waals surface area (Å²) in [5.74, 6) is 0.532. The molecule has 0 bridgehead atoms. The van der Waals surface area contributed by atoms with E-state index in [-0.39, 0.29) is 5.69 Å². The summed E-state index contributed by atoms with van der Waals surface area (Å²) in [4.78, 5) is 14.4. The summed E-state index contributed by atoms with van der Waals surface area (Å²) in [6, 6.07) is 8.43. The molecule has 3 rings (SSSR count). The van der Waals surface area contributed by atoms with E-state index in [0.717, 1.165) is 12.1 Å². The van der Waals surface area contributed by atoms with Gasteiger partial charge in [-0.3, -0.25) is 4.79 Å². The molecule has 166 valence electrons. The van der Waals surface area contributed by atoms with Crippen LogP contribution in [0.5, 0.6) is 11.5 Å². The second-order valence-electron chi connectivity index (χ2n) is 6.76. The summed E-state index contributed by atoms with van der Waals surface area (Å²) >= 11 is 0. The molecule has 1 heterocycles. The van der Waals surface area contributed by atoms with Crippen LogP contribution in [0.25, 0.3) is 6.08 Å². The van der Waals surface area contributed by atoms with Crippen molar-refractivity contribution in [1.29, 1.82) is 0 Å². The number of hydrogen-bond donors (Lipinski definition) is 1. The lowest BCUT2D eigenvalue weighted by molar-refractivity contribution is -0.137. The molecular formula is C22H23F3N2O4. The van der Waals surface area contributed by atoms with Gasteiger partial charge >= 0.3 is 6.18 Å². The molecule has 1 aliphatic heterocycles. The Hall–Kier alpha value is -3.20. The zero-order valence-corrected chi connectivity index (χ0v) is 17.2. The number of morpholine rings is 1. The van der Waals surface area contributed by atoms with Crippen molar-refractivity contribution in [1.82, 2.24) is 0 Å². The van der Waals surface area contributed by atoms with Crippen molar-refractivity contribution < 1.29 is 32.2 Å². The molecule has 1 aliphatic rings. The highest BCUT2D eigenvalue weighted by atomic mass is 19.4. The monoisotopic (exact) mass is 436 g/mol. The fourth-order valence-electron chi connectivity index (χ4n) is 3.20. The number of ether oxygens (including phenoxy) is 3. The number of nitrogens with zero attached hydrogens (tertiary/aromatic N) is 1. The number of rotatable bonds is 6. The lowest BCUT2D eigenvalue weighted by Gasteiger charge is -2.30. The van der Waals surface area contributed by atoms with E-state index in [4.69, 9.17) is 14.2 Å². The maximum absolute atomic E-state index is 13.2. The average molecular weight is 436 g/mol. The van der Waals surface area contributed by atoms with Crippen LogP contribution in [-0.2, 0) is 15.7 Å². The zero-order chi connectivity index (χ0) is 22.4. The number of hydrogen-bond acceptors (Lipinski definition) is 5. The number of carbonyl (C=O) groups is 1. The molecule has 1 amide bonds. The Morgan fingerprint density at radius 1 is 1.10 bits per heavy atom. The number of carbonyl (C=O) groups excluding carboxylic acids is 1. The van der Waals surface area contributed by atoms with Gasteiger partial charge in [-0.2, -0.15) is 13.2 Å². The van der Waals surface area contributed by atoms with Crippen molar-refractivity contribution in [2.45, 2.75) is 6.18 Å². The third-order valence-corrected chi connectivity index (χ3v) is 4.78. The number of amides is 1. The number of nitrogens with one attached hydrogen (secondary N) is 1. The van der Waals surface area contributed by atoms with Crippen LogP contribution >= 0.6 is 0 Å². The number of methoxy groups -OCH3 is 2. The number of anilines is 2. The molecule has 31 heavy (non-hydrogen) atoms. The van der Waals surface area contributed by atoms with Crippen LogP contribution in [0.15, 0.2) is 42.5 Å². The first-order valence-corrected chi connectivity index (χ1v) is 9.57. The smallest absolute Gasteiger partial charge is 0.416 e. The van der Waals surface area contributed by atoms with Crippen LogP contribution in [-0.4, -0.2) is 46.4 Å². The average Bonchev–Trinajstić information content (AvgIpc) is 2.77. The highest BCUT2D eigenvalue weighted by Crippen LogP contribution is 2.36. The summed E-state index contributed by atoms with van der Waals surface area (Å²) in [5.41, 5.74) is 0.355. The van der Waals surface area contributed by atoms with Crippen LogP contribution in [0.2, 0.25) is 0 Å². The van der Waals surface area contributed by atoms with E-state index in [1.54, 1.807) is 18.2 Å². The van der Waals surface area contributed by atoms with Crippen molar-refractivity contribution >= 4 is 23.4 Å². The molecule has 2 aromatic rings. The van der Waals surface area contributed by atoms with E-state index in [2.05, 4.69) is 5.32 Å². The standard InChI is InChI=1S/C22H23F3N2O4/c1-29-17-5-7-20(30-2)15(13-17)3-8-21(28)26-18-14-16(22(23,24)25)4-6-19(18)27-9-11-31-12-10-27/h3-8,13-14H,9-12H2,1-2H3,(H,26,28)/b8-3+. The number of alkyl halides is 3. The molecule has 0 saturated carbocycles. The van der Waals surface area contributed by atoms with Gasteiger partial charge in [-0.1, -0.05) is 0 Å². The van der Waals surface area contributed by atoms with Crippen molar-refractivity contribution in [3.63, 3.8) is 0 Å². The Balaban J connectivity index is 1.86. The normalized spacial score (nSPS) is 14.5. The predicted octanol–water partition coefficient (Wildman–Crippen LogP) is 4.21. The largest absolute Gasteiger partial charge is 0.497 e. The minimum atomic E-state index is -4.52. The third kappa shape index (κ3) is 5.69. The second kappa shape index (κ2) is 9.74. The Morgan fingerprint density at radius 2 is 1.84 bits per heavy atom. The van der Waals surface area contributed by atoms with Crippen LogP contribution in [0, 0.1) is 0 Å². The molecule has 0 aliphatic carbocycles. The molecule has 0 aromatic heterocycles. The van der Waals surface area contributed by atoms with Gasteiger partial charge in [-0.15, -0.1) is 0 Å². The Kier molecular flexibility index (Phi) is 7.06. The van der Waals surface area contributed by atoms with Crippen molar-refractivity contribution in [2.75, 3.05) is 50.7 Å². The van der Waals surface area contributed by atoms with Gasteiger partial charge in [-0.25, -0.2) is 0 Å². The fourth-order valence-corrected chi connectivity index (χ4v) is 3.20. The highest BCUT2D eigenvalue weighted by Gasteiger charge is 2.31. The molecule has 2 aromatic carbocycles. The lowest BCUT2D eigenvalue weighted by Crippen LogP contribution is -2.36. The van der Waals surface area contributed by atoms with Gasteiger partial charge in [0.05, 0.1) is 44.4 Å². The molecule has 0 atom stereocenters. The maximum atomic E-state index is 13.2. The SMILES string of the molecule is COc1ccc(OC)c(/C=C/C(=O)Nc2cc(C(F)(F)F)ccc2N2CCOCC2)c1. The molecule has 6 nitrogen and oxygen atoms in total. The summed E-state index contributed by atoms with van der Waals surface area (Å²) < 4.78 is 55.4. The van der Waals surface area contributed by atoms with Crippen LogP contribution in [0.4, 0.5) is 24.5 Å². The van der Waals surface area contributed by atoms with E-state index in [9.17, 15) is 18.0 Å². The van der Waals surface area contributed by atoms with E-state index >= 15 is 0 Å². The molecule has 0 unspecified atom stereocenters. The van der Waals surface area contributed by atoms with Gasteiger partial charge in [0.2, 0.25) is 5.91 Å². The van der Waals surface area contributed by atoms with Gasteiger partial charge in [0, 0.05) is 24.7 Å². The van der Waals surface area contributed by atoms with E-state index in [1.807, 2.05) is 4.90 Å². The quantitative estimate of drug-likeness (QED) is 0.688. The minimum Gasteiger partial charge on any atom is -0.497 e. The number of benzene rings is 2. The molecule has 9 heteroatoms. The third-order valence-electron chi connectivity index (χ3n) is 4.78. The summed E-state index contributed by atoms with van der Waals surface area (Å²) in [6.07, 6.45) is -1.77. The molecule has 0 radical (unpaired) electrons. The molecule has 1 fully saturated rings. The lowest BCUT2D eigenvalue weighted by atomic mass is 10.1. The first-order valence-electron chi connectivity index (χ1n) is 9.57. The van der Waals surface area contributed by atoms with Crippen LogP contribution in [0.1, 0.15) is 11.1 Å². The molecule has 0 spiro atoms. The highest BCUT2D eigenvalue weighted by molar-refractivity contribution is 6.04. The predicted molar refractivity (Wildman–Crippen MR) is 112 cm³/mol. The first-order chi connectivity index (χ1) is 14.8. The van der Waals surface area contributed by atoms with E-state index in [0.29, 0.717) is 49.1 Å². The van der Waals surface area contributed by atoms with Gasteiger partial charge in [0.15, 0.2) is 0 Å². The Labute approximate surface area is 178 Å². The minimum absolute atomic E-state index is 0.0870. The summed E-state index contributed by atoms with van der Waals surface area (Å²) in [6.45, 7) is 1.96. The van der Waals surface area contributed by atoms with E-state index in [1.165, 1.54) is 32.4 Å². The van der Waals surface area contributed by atoms with Gasteiger partial charge in [-0.05, 0) is 42.5 Å². The van der Waals surface area contributed by atoms with Crippen LogP contribution in [0.3, 0.4) is 0 Å². The second-order valence-corrected chi connectivity index (χ2v) is 6.76. The zero-order valence-electron chi connectivity index (χ0n) is 17.2. The molecule has 1 saturated heterocycles. The van der Waals surface area contributed by atoms with Crippen molar-refractivity contribution in [3.05, 3.63) is 53.6 Å². The van der Waals surface area contributed by atoms with Gasteiger partial charge in [0.25, 0.3) is 0 Å². The molecular weight excluding hydrogens is 413 g/mol. The van der Waals surface area contributed by atoms with Gasteiger partial charge < -0.3 is 24.4 Å². The van der Waals surface area contributed by atoms with Crippen molar-refractivity contribution in [3.8, 4) is 11.5 Å². The first kappa shape index (κ1) is 22.5. The molecule has 1 N–H and O–H groups in total. The summed E-state index contributed by atoms with van der Waals surface area (Å²) in [7, 11) is 3.01.